The van der Waals surface area contributed by atoms with E-state index in [9.17, 15) is 9.59 Å². The molecule has 1 N–H and O–H groups in total. The Morgan fingerprint density at radius 1 is 0.968 bits per heavy atom. The van der Waals surface area contributed by atoms with E-state index < -0.39 is 23.3 Å². The molecular formula is C23H36Cl2N2O4. The number of carbonyl (C=O) groups excluding carboxylic acids is 2. The number of anilines is 1. The van der Waals surface area contributed by atoms with Crippen molar-refractivity contribution in [3.05, 3.63) is 29.8 Å². The Balaban J connectivity index is 3.11. The van der Waals surface area contributed by atoms with Crippen molar-refractivity contribution in [1.82, 2.24) is 5.32 Å². The fraction of sp³-hybridized carbons (Fsp3) is 0.652. The van der Waals surface area contributed by atoms with Crippen LogP contribution in [0.3, 0.4) is 0 Å². The van der Waals surface area contributed by atoms with Gasteiger partial charge in [0, 0.05) is 36.6 Å². The number of benzene rings is 1. The van der Waals surface area contributed by atoms with Crippen LogP contribution in [0.1, 0.15) is 53.5 Å². The highest BCUT2D eigenvalue weighted by atomic mass is 35.5. The van der Waals surface area contributed by atoms with E-state index in [4.69, 9.17) is 32.7 Å². The Bertz CT molecular complexity index is 678. The molecule has 0 fully saturated rings. The first-order valence-corrected chi connectivity index (χ1v) is 11.6. The molecule has 31 heavy (non-hydrogen) atoms. The Labute approximate surface area is 196 Å². The van der Waals surface area contributed by atoms with E-state index in [1.54, 1.807) is 20.8 Å². The van der Waals surface area contributed by atoms with Gasteiger partial charge in [-0.3, -0.25) is 4.79 Å². The van der Waals surface area contributed by atoms with Crippen molar-refractivity contribution in [2.75, 3.05) is 29.7 Å². The van der Waals surface area contributed by atoms with Gasteiger partial charge in [0.1, 0.15) is 11.2 Å². The maximum absolute atomic E-state index is 12.5. The monoisotopic (exact) mass is 474 g/mol. The van der Waals surface area contributed by atoms with E-state index >= 15 is 0 Å². The fourth-order valence-electron chi connectivity index (χ4n) is 3.05. The van der Waals surface area contributed by atoms with Crippen LogP contribution in [0.5, 0.6) is 0 Å². The lowest BCUT2D eigenvalue weighted by atomic mass is 10.0. The summed E-state index contributed by atoms with van der Waals surface area (Å²) in [4.78, 5) is 27.0. The lowest BCUT2D eigenvalue weighted by Crippen LogP contribution is -2.42. The van der Waals surface area contributed by atoms with Crippen LogP contribution in [0.2, 0.25) is 0 Å². The molecule has 1 aromatic carbocycles. The first-order chi connectivity index (χ1) is 14.3. The van der Waals surface area contributed by atoms with Crippen LogP contribution in [-0.4, -0.2) is 54.2 Å². The molecule has 0 bridgehead atoms. The van der Waals surface area contributed by atoms with Gasteiger partial charge in [0.15, 0.2) is 0 Å². The van der Waals surface area contributed by atoms with Gasteiger partial charge in [-0.2, -0.15) is 0 Å². The summed E-state index contributed by atoms with van der Waals surface area (Å²) in [5, 5.41) is 2.84. The van der Waals surface area contributed by atoms with Crippen molar-refractivity contribution >= 4 is 41.0 Å². The van der Waals surface area contributed by atoms with Crippen molar-refractivity contribution in [1.29, 1.82) is 0 Å². The quantitative estimate of drug-likeness (QED) is 0.375. The van der Waals surface area contributed by atoms with Gasteiger partial charge in [-0.15, -0.1) is 23.2 Å². The smallest absolute Gasteiger partial charge is 0.407 e. The highest BCUT2D eigenvalue weighted by Crippen LogP contribution is 2.23. The molecule has 176 valence electrons. The second kappa shape index (κ2) is 12.4. The molecule has 0 radical (unpaired) electrons. The number of nitrogens with zero attached hydrogens (tertiary/aromatic N) is 1. The van der Waals surface area contributed by atoms with Crippen molar-refractivity contribution in [3.63, 3.8) is 0 Å². The molecule has 1 aromatic rings. The Morgan fingerprint density at radius 2 is 1.52 bits per heavy atom. The normalized spacial score (nSPS) is 12.8. The molecule has 1 amide bonds. The summed E-state index contributed by atoms with van der Waals surface area (Å²) >= 11 is 12.0. The van der Waals surface area contributed by atoms with Gasteiger partial charge in [-0.05, 0) is 59.6 Å². The van der Waals surface area contributed by atoms with Gasteiger partial charge in [0.25, 0.3) is 0 Å². The number of hydrogen-bond donors (Lipinski definition) is 1. The van der Waals surface area contributed by atoms with E-state index in [1.807, 2.05) is 45.0 Å². The van der Waals surface area contributed by atoms with Crippen molar-refractivity contribution < 1.29 is 19.1 Å². The molecular weight excluding hydrogens is 439 g/mol. The SMILES string of the molecule is CC(C)(C)OC(=O)CC(Cc1ccccc1N(CCCl)CCCl)NC(=O)OC(C)(C)C. The van der Waals surface area contributed by atoms with E-state index in [0.717, 1.165) is 11.3 Å². The lowest BCUT2D eigenvalue weighted by molar-refractivity contribution is -0.155. The molecule has 1 unspecified atom stereocenters. The number of alkyl carbamates (subject to hydrolysis) is 1. The van der Waals surface area contributed by atoms with Gasteiger partial charge < -0.3 is 19.7 Å². The molecule has 6 nitrogen and oxygen atoms in total. The fourth-order valence-corrected chi connectivity index (χ4v) is 3.46. The number of nitrogens with one attached hydrogen (secondary N) is 1. The summed E-state index contributed by atoms with van der Waals surface area (Å²) in [5.41, 5.74) is 0.699. The second-order valence-electron chi connectivity index (χ2n) is 9.33. The Kier molecular flexibility index (Phi) is 10.9. The number of carbonyl (C=O) groups is 2. The Hall–Kier alpha value is -1.66. The minimum absolute atomic E-state index is 0.0237. The number of rotatable bonds is 10. The van der Waals surface area contributed by atoms with Crippen LogP contribution in [0, 0.1) is 0 Å². The van der Waals surface area contributed by atoms with Crippen LogP contribution in [0.25, 0.3) is 0 Å². The number of esters is 1. The molecule has 8 heteroatoms. The average Bonchev–Trinajstić information content (AvgIpc) is 2.58. The predicted molar refractivity (Wildman–Crippen MR) is 127 cm³/mol. The number of hydrogen-bond acceptors (Lipinski definition) is 5. The second-order valence-corrected chi connectivity index (χ2v) is 10.1. The van der Waals surface area contributed by atoms with E-state index in [2.05, 4.69) is 10.2 Å². The zero-order chi connectivity index (χ0) is 23.7. The molecule has 0 aliphatic rings. The standard InChI is InChI=1S/C23H36Cl2N2O4/c1-22(2,3)30-20(28)16-18(26-21(29)31-23(4,5)6)15-17-9-7-8-10-19(17)27(13-11-24)14-12-25/h7-10,18H,11-16H2,1-6H3,(H,26,29). The van der Waals surface area contributed by atoms with Gasteiger partial charge in [0.05, 0.1) is 6.42 Å². The van der Waals surface area contributed by atoms with E-state index in [0.29, 0.717) is 31.3 Å². The van der Waals surface area contributed by atoms with Crippen molar-refractivity contribution in [2.45, 2.75) is 71.6 Å². The van der Waals surface area contributed by atoms with Crippen LogP contribution in [-0.2, 0) is 20.7 Å². The summed E-state index contributed by atoms with van der Waals surface area (Å²) < 4.78 is 10.9. The predicted octanol–water partition coefficient (Wildman–Crippen LogP) is 5.14. The minimum Gasteiger partial charge on any atom is -0.460 e. The Morgan fingerprint density at radius 3 is 2.03 bits per heavy atom. The highest BCUT2D eigenvalue weighted by molar-refractivity contribution is 6.18. The van der Waals surface area contributed by atoms with Crippen LogP contribution in [0.4, 0.5) is 10.5 Å². The molecule has 0 aliphatic carbocycles. The first kappa shape index (κ1) is 27.4. The number of amides is 1. The van der Waals surface area contributed by atoms with E-state index in [-0.39, 0.29) is 12.4 Å². The van der Waals surface area contributed by atoms with Gasteiger partial charge >= 0.3 is 12.1 Å². The molecule has 0 saturated carbocycles. The molecule has 1 atom stereocenters. The largest absolute Gasteiger partial charge is 0.460 e. The highest BCUT2D eigenvalue weighted by Gasteiger charge is 2.25. The lowest BCUT2D eigenvalue weighted by Gasteiger charge is -2.28. The summed E-state index contributed by atoms with van der Waals surface area (Å²) in [6.45, 7) is 12.1. The molecule has 0 aliphatic heterocycles. The number of ether oxygens (including phenoxy) is 2. The molecule has 0 aromatic heterocycles. The van der Waals surface area contributed by atoms with Crippen molar-refractivity contribution in [3.8, 4) is 0 Å². The van der Waals surface area contributed by atoms with Crippen molar-refractivity contribution in [2.24, 2.45) is 0 Å². The van der Waals surface area contributed by atoms with E-state index in [1.165, 1.54) is 0 Å². The third kappa shape index (κ3) is 11.5. The molecule has 0 spiro atoms. The summed E-state index contributed by atoms with van der Waals surface area (Å²) in [6.07, 6.45) is -0.122. The molecule has 1 rings (SSSR count). The zero-order valence-electron chi connectivity index (χ0n) is 19.5. The summed E-state index contributed by atoms with van der Waals surface area (Å²) in [7, 11) is 0. The van der Waals surface area contributed by atoms with Gasteiger partial charge in [-0.25, -0.2) is 4.79 Å². The number of halogens is 2. The number of para-hydroxylation sites is 1. The minimum atomic E-state index is -0.643. The maximum atomic E-state index is 12.5. The summed E-state index contributed by atoms with van der Waals surface area (Å²) in [6, 6.07) is 7.34. The number of alkyl halides is 2. The summed E-state index contributed by atoms with van der Waals surface area (Å²) in [5.74, 6) is 0.537. The zero-order valence-corrected chi connectivity index (χ0v) is 21.0. The first-order valence-electron chi connectivity index (χ1n) is 10.5. The van der Waals surface area contributed by atoms with Crippen LogP contribution < -0.4 is 10.2 Å². The maximum Gasteiger partial charge on any atom is 0.407 e. The van der Waals surface area contributed by atoms with Crippen LogP contribution in [0.15, 0.2) is 24.3 Å². The molecule has 0 heterocycles. The van der Waals surface area contributed by atoms with Crippen LogP contribution >= 0.6 is 23.2 Å². The average molecular weight is 475 g/mol. The third-order valence-corrected chi connectivity index (χ3v) is 4.40. The third-order valence-electron chi connectivity index (χ3n) is 4.06. The van der Waals surface area contributed by atoms with Gasteiger partial charge in [-0.1, -0.05) is 18.2 Å². The topological polar surface area (TPSA) is 67.9 Å². The van der Waals surface area contributed by atoms with Gasteiger partial charge in [0.2, 0.25) is 0 Å². The molecule has 0 saturated heterocycles.